The molecular weight excluding hydrogens is 334 g/mol. The van der Waals surface area contributed by atoms with E-state index in [1.807, 2.05) is 59.4 Å². The zero-order valence-corrected chi connectivity index (χ0v) is 14.7. The van der Waals surface area contributed by atoms with Crippen molar-refractivity contribution in [1.29, 1.82) is 0 Å². The molecule has 4 aromatic rings. The molecule has 0 bridgehead atoms. The summed E-state index contributed by atoms with van der Waals surface area (Å²) in [6.45, 7) is 0. The van der Waals surface area contributed by atoms with Gasteiger partial charge in [-0.05, 0) is 23.3 Å². The molecular formula is C23H19N3O+2. The van der Waals surface area contributed by atoms with E-state index in [9.17, 15) is 4.79 Å². The van der Waals surface area contributed by atoms with E-state index in [0.29, 0.717) is 6.41 Å². The normalized spacial score (nSPS) is 10.4. The Morgan fingerprint density at radius 1 is 0.593 bits per heavy atom. The van der Waals surface area contributed by atoms with Crippen molar-refractivity contribution in [3.8, 4) is 22.5 Å². The molecule has 2 aromatic heterocycles. The molecule has 1 amide bonds. The number of hydrogen-bond donors (Lipinski definition) is 1. The van der Waals surface area contributed by atoms with E-state index in [1.54, 1.807) is 0 Å². The predicted octanol–water partition coefficient (Wildman–Crippen LogP) is 3.48. The van der Waals surface area contributed by atoms with E-state index in [4.69, 9.17) is 0 Å². The number of nitrogens with zero attached hydrogens (tertiary/aromatic N) is 2. The van der Waals surface area contributed by atoms with Gasteiger partial charge in [-0.2, -0.15) is 9.13 Å². The van der Waals surface area contributed by atoms with Crippen molar-refractivity contribution in [3.63, 3.8) is 0 Å². The number of nitrogens with one attached hydrogen (secondary N) is 1. The van der Waals surface area contributed by atoms with Crippen LogP contribution in [0.1, 0.15) is 0 Å². The highest BCUT2D eigenvalue weighted by molar-refractivity contribution is 5.71. The standard InChI is InChI=1S/C23H18N3O/c27-18-24-21-6-8-23(9-7-21)26-16-12-20(13-17-26)19-10-14-25(15-11-19)22-4-2-1-3-5-22/h1-18H/q+1/p+1. The smallest absolute Gasteiger partial charge is 0.211 e. The Labute approximate surface area is 158 Å². The summed E-state index contributed by atoms with van der Waals surface area (Å²) in [5, 5.41) is 2.64. The Hall–Kier alpha value is -3.79. The third kappa shape index (κ3) is 3.75. The quantitative estimate of drug-likeness (QED) is 0.433. The van der Waals surface area contributed by atoms with Crippen LogP contribution >= 0.6 is 0 Å². The molecule has 1 N–H and O–H groups in total. The average Bonchev–Trinajstić information content (AvgIpc) is 2.75. The van der Waals surface area contributed by atoms with Crippen molar-refractivity contribution in [2.75, 3.05) is 5.32 Å². The summed E-state index contributed by atoms with van der Waals surface area (Å²) in [7, 11) is 0. The minimum atomic E-state index is 0.679. The van der Waals surface area contributed by atoms with Gasteiger partial charge in [-0.25, -0.2) is 0 Å². The molecule has 0 aliphatic carbocycles. The van der Waals surface area contributed by atoms with Crippen molar-refractivity contribution in [1.82, 2.24) is 0 Å². The molecule has 0 aliphatic rings. The molecule has 0 fully saturated rings. The fourth-order valence-electron chi connectivity index (χ4n) is 2.98. The fourth-order valence-corrected chi connectivity index (χ4v) is 2.98. The number of rotatable bonds is 5. The second kappa shape index (κ2) is 7.62. The van der Waals surface area contributed by atoms with Crippen molar-refractivity contribution < 1.29 is 13.9 Å². The first-order chi connectivity index (χ1) is 13.3. The largest absolute Gasteiger partial charge is 0.329 e. The molecule has 0 saturated carbocycles. The Morgan fingerprint density at radius 2 is 1.07 bits per heavy atom. The first-order valence-electron chi connectivity index (χ1n) is 8.72. The van der Waals surface area contributed by atoms with Gasteiger partial charge in [0.1, 0.15) is 0 Å². The molecule has 0 saturated heterocycles. The van der Waals surface area contributed by atoms with E-state index in [1.165, 1.54) is 5.56 Å². The maximum absolute atomic E-state index is 10.5. The second-order valence-corrected chi connectivity index (χ2v) is 6.13. The van der Waals surface area contributed by atoms with E-state index in [-0.39, 0.29) is 0 Å². The van der Waals surface area contributed by atoms with Crippen LogP contribution < -0.4 is 14.5 Å². The lowest BCUT2D eigenvalue weighted by Gasteiger charge is -2.02. The minimum absolute atomic E-state index is 0.679. The average molecular weight is 353 g/mol. The Balaban J connectivity index is 1.54. The van der Waals surface area contributed by atoms with Crippen molar-refractivity contribution in [3.05, 3.63) is 104 Å². The van der Waals surface area contributed by atoms with Gasteiger partial charge in [0.15, 0.2) is 24.8 Å². The summed E-state index contributed by atoms with van der Waals surface area (Å²) in [5.41, 5.74) is 5.28. The number of anilines is 1. The number of pyridine rings is 2. The molecule has 2 heterocycles. The van der Waals surface area contributed by atoms with Gasteiger partial charge < -0.3 is 5.32 Å². The third-order valence-corrected chi connectivity index (χ3v) is 4.44. The summed E-state index contributed by atoms with van der Waals surface area (Å²) in [4.78, 5) is 10.5. The molecule has 27 heavy (non-hydrogen) atoms. The van der Waals surface area contributed by atoms with E-state index >= 15 is 0 Å². The first kappa shape index (κ1) is 16.7. The SMILES string of the molecule is O=CNc1ccc(-[n+]2ccc(-c3cc[n+](-c4ccccc4)cc3)cc2)cc1. The molecule has 4 nitrogen and oxygen atoms in total. The number of benzene rings is 2. The fraction of sp³-hybridized carbons (Fsp3) is 0. The van der Waals surface area contributed by atoms with Gasteiger partial charge in [-0.1, -0.05) is 18.2 Å². The van der Waals surface area contributed by atoms with Crippen LogP contribution in [0.3, 0.4) is 0 Å². The lowest BCUT2D eigenvalue weighted by atomic mass is 10.1. The molecule has 0 unspecified atom stereocenters. The topological polar surface area (TPSA) is 36.9 Å². The van der Waals surface area contributed by atoms with Crippen LogP contribution in [-0.2, 0) is 4.79 Å². The molecule has 0 aliphatic heterocycles. The van der Waals surface area contributed by atoms with Gasteiger partial charge in [0.25, 0.3) is 0 Å². The van der Waals surface area contributed by atoms with Crippen LogP contribution in [-0.4, -0.2) is 6.41 Å². The Morgan fingerprint density at radius 3 is 1.56 bits per heavy atom. The third-order valence-electron chi connectivity index (χ3n) is 4.44. The van der Waals surface area contributed by atoms with Gasteiger partial charge in [0.2, 0.25) is 17.8 Å². The lowest BCUT2D eigenvalue weighted by Crippen LogP contribution is -2.29. The summed E-state index contributed by atoms with van der Waals surface area (Å²) in [6.07, 6.45) is 8.90. The molecule has 0 atom stereocenters. The molecule has 2 aromatic carbocycles. The summed E-state index contributed by atoms with van der Waals surface area (Å²) in [6, 6.07) is 26.4. The van der Waals surface area contributed by atoms with E-state index in [0.717, 1.165) is 22.6 Å². The number of aromatic nitrogens is 2. The van der Waals surface area contributed by atoms with E-state index < -0.39 is 0 Å². The van der Waals surface area contributed by atoms with Gasteiger partial charge in [0.05, 0.1) is 0 Å². The van der Waals surface area contributed by atoms with Crippen LogP contribution in [0.25, 0.3) is 22.5 Å². The van der Waals surface area contributed by atoms with Crippen molar-refractivity contribution >= 4 is 12.1 Å². The zero-order valence-electron chi connectivity index (χ0n) is 14.7. The number of hydrogen-bond acceptors (Lipinski definition) is 1. The summed E-state index contributed by atoms with van der Waals surface area (Å²) < 4.78 is 4.14. The monoisotopic (exact) mass is 353 g/mol. The second-order valence-electron chi connectivity index (χ2n) is 6.13. The molecule has 4 heteroatoms. The number of carbonyl (C=O) groups is 1. The molecule has 4 rings (SSSR count). The highest BCUT2D eigenvalue weighted by Crippen LogP contribution is 2.17. The number of para-hydroxylation sites is 1. The van der Waals surface area contributed by atoms with Crippen LogP contribution in [0.2, 0.25) is 0 Å². The summed E-state index contributed by atoms with van der Waals surface area (Å²) in [5.74, 6) is 0. The van der Waals surface area contributed by atoms with E-state index in [2.05, 4.69) is 58.7 Å². The van der Waals surface area contributed by atoms with Gasteiger partial charge in [-0.3, -0.25) is 4.79 Å². The molecule has 130 valence electrons. The predicted molar refractivity (Wildman–Crippen MR) is 105 cm³/mol. The molecule has 0 spiro atoms. The van der Waals surface area contributed by atoms with Crippen LogP contribution in [0.5, 0.6) is 0 Å². The van der Waals surface area contributed by atoms with Crippen molar-refractivity contribution in [2.24, 2.45) is 0 Å². The van der Waals surface area contributed by atoms with Gasteiger partial charge in [-0.15, -0.1) is 0 Å². The molecule has 0 radical (unpaired) electrons. The Kier molecular flexibility index (Phi) is 4.70. The lowest BCUT2D eigenvalue weighted by molar-refractivity contribution is -0.596. The van der Waals surface area contributed by atoms with Gasteiger partial charge >= 0.3 is 0 Å². The highest BCUT2D eigenvalue weighted by Gasteiger charge is 2.09. The van der Waals surface area contributed by atoms with Gasteiger partial charge in [0, 0.05) is 54.2 Å². The van der Waals surface area contributed by atoms with Crippen LogP contribution in [0.4, 0.5) is 5.69 Å². The maximum Gasteiger partial charge on any atom is 0.211 e. The van der Waals surface area contributed by atoms with Crippen LogP contribution in [0.15, 0.2) is 104 Å². The summed E-state index contributed by atoms with van der Waals surface area (Å²) >= 11 is 0. The maximum atomic E-state index is 10.5. The minimum Gasteiger partial charge on any atom is -0.329 e. The number of carbonyl (C=O) groups excluding carboxylic acids is 1. The zero-order chi connectivity index (χ0) is 18.5. The highest BCUT2D eigenvalue weighted by atomic mass is 16.1. The number of amides is 1. The van der Waals surface area contributed by atoms with Crippen molar-refractivity contribution in [2.45, 2.75) is 0 Å². The first-order valence-corrected chi connectivity index (χ1v) is 8.72. The Bertz CT molecular complexity index is 1030. The van der Waals surface area contributed by atoms with Crippen LogP contribution in [0, 0.1) is 0 Å².